The quantitative estimate of drug-likeness (QED) is 0.740. The van der Waals surface area contributed by atoms with Gasteiger partial charge in [0.1, 0.15) is 18.1 Å². The summed E-state index contributed by atoms with van der Waals surface area (Å²) in [4.78, 5) is 4.36. The van der Waals surface area contributed by atoms with Crippen molar-refractivity contribution in [2.45, 2.75) is 19.4 Å². The maximum atomic E-state index is 5.88. The van der Waals surface area contributed by atoms with Crippen LogP contribution in [0.5, 0.6) is 11.5 Å². The van der Waals surface area contributed by atoms with Gasteiger partial charge in [-0.05, 0) is 52.7 Å². The third-order valence-electron chi connectivity index (χ3n) is 2.81. The summed E-state index contributed by atoms with van der Waals surface area (Å²) in [5, 5.41) is 0. The number of nitrogens with zero attached hydrogens (tertiary/aromatic N) is 1. The maximum absolute atomic E-state index is 5.88. The van der Waals surface area contributed by atoms with Crippen LogP contribution in [0.1, 0.15) is 17.0 Å². The Labute approximate surface area is 132 Å². The van der Waals surface area contributed by atoms with Crippen molar-refractivity contribution in [2.75, 3.05) is 7.11 Å². The van der Waals surface area contributed by atoms with Gasteiger partial charge >= 0.3 is 0 Å². The summed E-state index contributed by atoms with van der Waals surface area (Å²) in [6, 6.07) is 9.65. The molecule has 0 spiro atoms. The average Bonchev–Trinajstić information content (AvgIpc) is 2.46. The fraction of sp³-hybridized carbons (Fsp3) is 0.267. The van der Waals surface area contributed by atoms with Crippen LogP contribution < -0.4 is 9.47 Å². The topological polar surface area (TPSA) is 31.4 Å². The van der Waals surface area contributed by atoms with Gasteiger partial charge in [-0.25, -0.2) is 0 Å². The predicted molar refractivity (Wildman–Crippen MR) is 83.6 cm³/mol. The van der Waals surface area contributed by atoms with Crippen LogP contribution in [-0.4, -0.2) is 12.1 Å². The van der Waals surface area contributed by atoms with Crippen LogP contribution in [-0.2, 0) is 12.5 Å². The lowest BCUT2D eigenvalue weighted by atomic mass is 10.2. The van der Waals surface area contributed by atoms with E-state index in [9.17, 15) is 0 Å². The number of aromatic nitrogens is 1. The average molecular weight is 357 g/mol. The molecule has 0 N–H and O–H groups in total. The Balaban J connectivity index is 2.10. The third kappa shape index (κ3) is 3.64. The van der Waals surface area contributed by atoms with E-state index in [0.717, 1.165) is 32.9 Å². The molecule has 20 heavy (non-hydrogen) atoms. The number of ether oxygens (including phenoxy) is 2. The molecule has 1 heterocycles. The molecule has 3 nitrogen and oxygen atoms in total. The normalized spacial score (nSPS) is 10.4. The second-order valence-corrected chi connectivity index (χ2v) is 5.41. The van der Waals surface area contributed by atoms with Gasteiger partial charge in [0.25, 0.3) is 0 Å². The summed E-state index contributed by atoms with van der Waals surface area (Å²) >= 11 is 9.34. The largest absolute Gasteiger partial charge is 0.496 e. The maximum Gasteiger partial charge on any atom is 0.142 e. The van der Waals surface area contributed by atoms with E-state index in [2.05, 4.69) is 20.9 Å². The monoisotopic (exact) mass is 355 g/mol. The van der Waals surface area contributed by atoms with Gasteiger partial charge in [-0.2, -0.15) is 0 Å². The summed E-state index contributed by atoms with van der Waals surface area (Å²) in [5.41, 5.74) is 2.73. The molecule has 0 unspecified atom stereocenters. The number of aryl methyl sites for hydroxylation is 1. The SMILES string of the molecule is COc1ccc(COc2ccc(C)nc2CCl)cc1Br. The highest BCUT2D eigenvalue weighted by Crippen LogP contribution is 2.26. The molecule has 0 aliphatic carbocycles. The standard InChI is InChI=1S/C15H15BrClNO2/c1-10-3-5-15(13(8-17)18-10)20-9-11-4-6-14(19-2)12(16)7-11/h3-7H,8-9H2,1-2H3. The molecule has 0 radical (unpaired) electrons. The zero-order valence-corrected chi connectivity index (χ0v) is 13.7. The Morgan fingerprint density at radius 2 is 1.95 bits per heavy atom. The van der Waals surface area contributed by atoms with Gasteiger partial charge in [0, 0.05) is 5.69 Å². The minimum atomic E-state index is 0.337. The number of hydrogen-bond donors (Lipinski definition) is 0. The molecule has 2 rings (SSSR count). The molecule has 1 aromatic carbocycles. The fourth-order valence-corrected chi connectivity index (χ4v) is 2.57. The van der Waals surface area contributed by atoms with Crippen molar-refractivity contribution in [2.24, 2.45) is 0 Å². The summed E-state index contributed by atoms with van der Waals surface area (Å²) in [6.07, 6.45) is 0. The number of benzene rings is 1. The van der Waals surface area contributed by atoms with Crippen molar-refractivity contribution in [3.63, 3.8) is 0 Å². The minimum Gasteiger partial charge on any atom is -0.496 e. The van der Waals surface area contributed by atoms with Crippen LogP contribution in [0.15, 0.2) is 34.8 Å². The van der Waals surface area contributed by atoms with Gasteiger partial charge in [-0.3, -0.25) is 4.98 Å². The first-order valence-electron chi connectivity index (χ1n) is 6.11. The number of rotatable bonds is 5. The number of halogens is 2. The molecule has 0 saturated carbocycles. The van der Waals surface area contributed by atoms with Crippen LogP contribution in [0.3, 0.4) is 0 Å². The number of pyridine rings is 1. The van der Waals surface area contributed by atoms with Gasteiger partial charge in [0.2, 0.25) is 0 Å². The highest BCUT2D eigenvalue weighted by atomic mass is 79.9. The number of methoxy groups -OCH3 is 1. The number of alkyl halides is 1. The van der Waals surface area contributed by atoms with E-state index in [1.807, 2.05) is 37.3 Å². The number of hydrogen-bond acceptors (Lipinski definition) is 3. The lowest BCUT2D eigenvalue weighted by Crippen LogP contribution is -2.00. The van der Waals surface area contributed by atoms with Crippen molar-refractivity contribution in [1.82, 2.24) is 4.98 Å². The molecule has 0 atom stereocenters. The zero-order chi connectivity index (χ0) is 14.5. The van der Waals surface area contributed by atoms with Crippen molar-refractivity contribution < 1.29 is 9.47 Å². The summed E-state index contributed by atoms with van der Waals surface area (Å²) in [7, 11) is 1.64. The Morgan fingerprint density at radius 1 is 1.20 bits per heavy atom. The van der Waals surface area contributed by atoms with Crippen LogP contribution in [0.25, 0.3) is 0 Å². The van der Waals surface area contributed by atoms with Crippen LogP contribution >= 0.6 is 27.5 Å². The molecule has 0 aliphatic rings. The first-order chi connectivity index (χ1) is 9.63. The molecule has 0 aliphatic heterocycles. The fourth-order valence-electron chi connectivity index (χ4n) is 1.79. The van der Waals surface area contributed by atoms with Crippen molar-refractivity contribution in [3.05, 3.63) is 51.8 Å². The molecule has 5 heteroatoms. The van der Waals surface area contributed by atoms with Crippen molar-refractivity contribution in [1.29, 1.82) is 0 Å². The van der Waals surface area contributed by atoms with Crippen LogP contribution in [0, 0.1) is 6.92 Å². The predicted octanol–water partition coefficient (Wildman–Crippen LogP) is 4.48. The second-order valence-electron chi connectivity index (χ2n) is 4.29. The summed E-state index contributed by atoms with van der Waals surface area (Å²) in [6.45, 7) is 2.39. The molecule has 0 saturated heterocycles. The zero-order valence-electron chi connectivity index (χ0n) is 11.3. The van der Waals surface area contributed by atoms with Crippen molar-refractivity contribution >= 4 is 27.5 Å². The van der Waals surface area contributed by atoms with Gasteiger partial charge in [-0.1, -0.05) is 6.07 Å². The van der Waals surface area contributed by atoms with E-state index < -0.39 is 0 Å². The van der Waals surface area contributed by atoms with Crippen molar-refractivity contribution in [3.8, 4) is 11.5 Å². The van der Waals surface area contributed by atoms with Crippen LogP contribution in [0.2, 0.25) is 0 Å². The highest BCUT2D eigenvalue weighted by Gasteiger charge is 2.06. The van der Waals surface area contributed by atoms with Crippen LogP contribution in [0.4, 0.5) is 0 Å². The smallest absolute Gasteiger partial charge is 0.142 e. The van der Waals surface area contributed by atoms with E-state index in [4.69, 9.17) is 21.1 Å². The first-order valence-corrected chi connectivity index (χ1v) is 7.44. The lowest BCUT2D eigenvalue weighted by molar-refractivity contribution is 0.301. The Hall–Kier alpha value is -1.26. The Morgan fingerprint density at radius 3 is 2.60 bits per heavy atom. The molecule has 2 aromatic rings. The molecule has 0 amide bonds. The van der Waals surface area contributed by atoms with Gasteiger partial charge < -0.3 is 9.47 Å². The molecular weight excluding hydrogens is 342 g/mol. The first kappa shape index (κ1) is 15.1. The molecule has 106 valence electrons. The Bertz CT molecular complexity index is 604. The van der Waals surface area contributed by atoms with Gasteiger partial charge in [-0.15, -0.1) is 11.6 Å². The van der Waals surface area contributed by atoms with Gasteiger partial charge in [0.05, 0.1) is 23.2 Å². The lowest BCUT2D eigenvalue weighted by Gasteiger charge is -2.11. The molecule has 0 fully saturated rings. The summed E-state index contributed by atoms with van der Waals surface area (Å²) in [5.74, 6) is 1.85. The molecule has 1 aromatic heterocycles. The van der Waals surface area contributed by atoms with Gasteiger partial charge in [0.15, 0.2) is 0 Å². The van der Waals surface area contributed by atoms with E-state index in [-0.39, 0.29) is 0 Å². The second kappa shape index (κ2) is 6.95. The summed E-state index contributed by atoms with van der Waals surface area (Å²) < 4.78 is 11.9. The highest BCUT2D eigenvalue weighted by molar-refractivity contribution is 9.10. The molecule has 0 bridgehead atoms. The Kier molecular flexibility index (Phi) is 5.26. The van der Waals surface area contributed by atoms with E-state index in [1.54, 1.807) is 7.11 Å². The molecular formula is C15H15BrClNO2. The van der Waals surface area contributed by atoms with E-state index in [0.29, 0.717) is 12.5 Å². The van der Waals surface area contributed by atoms with E-state index >= 15 is 0 Å². The third-order valence-corrected chi connectivity index (χ3v) is 3.68. The van der Waals surface area contributed by atoms with E-state index in [1.165, 1.54) is 0 Å². The minimum absolute atomic E-state index is 0.337.